The van der Waals surface area contributed by atoms with Gasteiger partial charge in [0.2, 0.25) is 0 Å². The van der Waals surface area contributed by atoms with E-state index in [-0.39, 0.29) is 45.8 Å². The number of aliphatic carboxylic acids is 2. The Balaban J connectivity index is 1.16. The predicted octanol–water partition coefficient (Wildman–Crippen LogP) is 2.65. The fourth-order valence-electron chi connectivity index (χ4n) is 14.1. The van der Waals surface area contributed by atoms with Crippen molar-refractivity contribution in [2.75, 3.05) is 6.61 Å². The maximum Gasteiger partial charge on any atom is 0.335 e. The van der Waals surface area contributed by atoms with Gasteiger partial charge in [0.25, 0.3) is 0 Å². The molecule has 0 aromatic carbocycles. The molecule has 0 bridgehead atoms. The number of aliphatic hydroxyl groups is 5. The molecule has 0 aromatic rings. The molecule has 2 heterocycles. The summed E-state index contributed by atoms with van der Waals surface area (Å²) >= 11 is 0. The molecule has 14 heteroatoms. The molecule has 310 valence electrons. The van der Waals surface area contributed by atoms with Crippen LogP contribution in [0.15, 0.2) is 12.2 Å². The van der Waals surface area contributed by atoms with E-state index < -0.39 is 90.8 Å². The fourth-order valence-corrected chi connectivity index (χ4v) is 14.1. The minimum atomic E-state index is -1.95. The summed E-state index contributed by atoms with van der Waals surface area (Å²) in [7, 11) is 0. The molecule has 0 radical (unpaired) electrons. The molecule has 0 aromatic heterocycles. The second-order valence-electron chi connectivity index (χ2n) is 19.4. The van der Waals surface area contributed by atoms with E-state index in [4.69, 9.17) is 18.9 Å². The van der Waals surface area contributed by atoms with Gasteiger partial charge in [0.05, 0.1) is 23.5 Å². The quantitative estimate of drug-likeness (QED) is 0.107. The summed E-state index contributed by atoms with van der Waals surface area (Å²) in [6.07, 6.45) is -7.73. The summed E-state index contributed by atoms with van der Waals surface area (Å²) in [6.45, 7) is 15.0. The Bertz CT molecular complexity index is 1540. The van der Waals surface area contributed by atoms with Gasteiger partial charge < -0.3 is 59.5 Å². The summed E-state index contributed by atoms with van der Waals surface area (Å²) in [5, 5.41) is 73.2. The van der Waals surface area contributed by atoms with Gasteiger partial charge in [0.1, 0.15) is 42.9 Å². The van der Waals surface area contributed by atoms with Crippen LogP contribution in [0.1, 0.15) is 98.8 Å². The molecule has 2 aliphatic heterocycles. The van der Waals surface area contributed by atoms with Crippen LogP contribution in [0.4, 0.5) is 0 Å². The maximum absolute atomic E-state index is 13.5. The second kappa shape index (κ2) is 14.1. The van der Waals surface area contributed by atoms with Crippen molar-refractivity contribution in [2.45, 2.75) is 160 Å². The zero-order chi connectivity index (χ0) is 40.2. The molecule has 7 aliphatic rings. The second-order valence-corrected chi connectivity index (χ2v) is 19.4. The van der Waals surface area contributed by atoms with E-state index in [1.807, 2.05) is 6.92 Å². The molecule has 0 unspecified atom stereocenters. The predicted molar refractivity (Wildman–Crippen MR) is 193 cm³/mol. The Morgan fingerprint density at radius 1 is 0.764 bits per heavy atom. The Hall–Kier alpha value is -2.01. The third kappa shape index (κ3) is 5.85. The van der Waals surface area contributed by atoms with Gasteiger partial charge in [-0.05, 0) is 117 Å². The average molecular weight is 779 g/mol. The van der Waals surface area contributed by atoms with Crippen LogP contribution >= 0.6 is 0 Å². The first-order chi connectivity index (χ1) is 25.7. The molecule has 0 amide bonds. The Kier molecular flexibility index (Phi) is 10.5. The number of hydrogen-bond donors (Lipinski definition) is 7. The highest BCUT2D eigenvalue weighted by atomic mass is 16.8. The number of carboxylic acid groups (broad SMARTS) is 2. The fraction of sp³-hybridized carbons (Fsp3) is 0.878. The number of carboxylic acids is 2. The summed E-state index contributed by atoms with van der Waals surface area (Å²) in [4.78, 5) is 38.7. The van der Waals surface area contributed by atoms with E-state index in [0.29, 0.717) is 32.1 Å². The van der Waals surface area contributed by atoms with Crippen LogP contribution in [-0.2, 0) is 33.3 Å². The van der Waals surface area contributed by atoms with Crippen LogP contribution < -0.4 is 0 Å². The largest absolute Gasteiger partial charge is 0.481 e. The van der Waals surface area contributed by atoms with E-state index in [9.17, 15) is 50.1 Å². The summed E-state index contributed by atoms with van der Waals surface area (Å²) in [5.74, 6) is -1.66. The van der Waals surface area contributed by atoms with Crippen LogP contribution in [0.5, 0.6) is 0 Å². The summed E-state index contributed by atoms with van der Waals surface area (Å²) in [5.41, 5.74) is -1.26. The van der Waals surface area contributed by atoms with Crippen LogP contribution in [0.3, 0.4) is 0 Å². The van der Waals surface area contributed by atoms with Crippen molar-refractivity contribution in [2.24, 2.45) is 56.7 Å². The van der Waals surface area contributed by atoms with Crippen molar-refractivity contribution in [3.05, 3.63) is 12.2 Å². The van der Waals surface area contributed by atoms with E-state index in [1.165, 1.54) is 0 Å². The minimum absolute atomic E-state index is 0.0385. The monoisotopic (exact) mass is 778 g/mol. The minimum Gasteiger partial charge on any atom is -0.481 e. The summed E-state index contributed by atoms with van der Waals surface area (Å²) in [6, 6.07) is 0. The van der Waals surface area contributed by atoms with Gasteiger partial charge in [0, 0.05) is 0 Å². The first-order valence-electron chi connectivity index (χ1n) is 20.3. The van der Waals surface area contributed by atoms with Gasteiger partial charge in [-0.2, -0.15) is 0 Å². The van der Waals surface area contributed by atoms with Gasteiger partial charge in [-0.1, -0.05) is 39.8 Å². The molecule has 7 rings (SSSR count). The molecular weight excluding hydrogens is 716 g/mol. The molecule has 7 N–H and O–H groups in total. The van der Waals surface area contributed by atoms with Gasteiger partial charge >= 0.3 is 11.9 Å². The lowest BCUT2D eigenvalue weighted by Gasteiger charge is -2.72. The van der Waals surface area contributed by atoms with Crippen LogP contribution in [0.25, 0.3) is 0 Å². The number of aliphatic hydroxyl groups excluding tert-OH is 5. The standard InChI is InChI=1S/C41H62O14/c1-19(2)20-9-14-41(36(50)51)16-15-39(5)21(26(20)41)7-8-24-37(3)12-11-25(38(4,18-42)23(37)10-13-40(24,39)6)53-35-32(29(46)28(45)31(54-35)33(48)49)55-34-30(47)27(44)22(43)17-52-34/h18,20-32,34-35,43-47H,1,7-17H2,2-6H3,(H,48,49)(H,50,51)/t20-,21+,22+,23+,24+,25-,26+,27-,28-,29-,30+,31-,32+,34-,35+,37-,38-,39+,40+,41-/m0/s1. The summed E-state index contributed by atoms with van der Waals surface area (Å²) < 4.78 is 23.5. The highest BCUT2D eigenvalue weighted by Gasteiger charge is 2.72. The van der Waals surface area contributed by atoms with Gasteiger partial charge in [0.15, 0.2) is 18.7 Å². The van der Waals surface area contributed by atoms with Gasteiger partial charge in [-0.3, -0.25) is 4.79 Å². The van der Waals surface area contributed by atoms with E-state index >= 15 is 0 Å². The van der Waals surface area contributed by atoms with Crippen LogP contribution in [-0.4, -0.2) is 122 Å². The Morgan fingerprint density at radius 3 is 2.11 bits per heavy atom. The molecule has 5 saturated carbocycles. The van der Waals surface area contributed by atoms with Crippen LogP contribution in [0.2, 0.25) is 0 Å². The number of fused-ring (bicyclic) bond motifs is 7. The zero-order valence-electron chi connectivity index (χ0n) is 32.7. The normalized spacial score (nSPS) is 54.9. The van der Waals surface area contributed by atoms with Crippen molar-refractivity contribution in [1.82, 2.24) is 0 Å². The molecule has 20 atom stereocenters. The topological polar surface area (TPSA) is 230 Å². The highest BCUT2D eigenvalue weighted by molar-refractivity contribution is 5.76. The number of carbonyl (C=O) groups excluding carboxylic acids is 1. The molecule has 7 fully saturated rings. The number of hydrogen-bond acceptors (Lipinski definition) is 12. The zero-order valence-corrected chi connectivity index (χ0v) is 32.7. The van der Waals surface area contributed by atoms with E-state index in [1.54, 1.807) is 0 Å². The number of carbonyl (C=O) groups is 3. The SMILES string of the molecule is C=C(C)[C@@H]1CC[C@]2(C(=O)O)CC[C@]3(C)[C@H](CC[C@@H]4[C@@]5(C)CC[C@H](O[C@@H]6O[C@H](C(=O)O)[C@@H](O)[C@H](O)[C@H]6O[C@@H]6OC[C@@H](O)[C@H](O)[C@H]6O)[C@@](C)(C=O)[C@@H]5CC[C@]43C)[C@@H]12. The number of allylic oxidation sites excluding steroid dienone is 1. The van der Waals surface area contributed by atoms with Gasteiger partial charge in [-0.25, -0.2) is 4.79 Å². The van der Waals surface area contributed by atoms with Crippen molar-refractivity contribution < 1.29 is 69.1 Å². The average Bonchev–Trinajstić information content (AvgIpc) is 3.54. The third-order valence-corrected chi connectivity index (χ3v) is 17.2. The highest BCUT2D eigenvalue weighted by Crippen LogP contribution is 2.77. The molecule has 14 nitrogen and oxygen atoms in total. The molecule has 0 spiro atoms. The van der Waals surface area contributed by atoms with Crippen molar-refractivity contribution >= 4 is 18.2 Å². The first-order valence-corrected chi connectivity index (χ1v) is 20.3. The van der Waals surface area contributed by atoms with Gasteiger partial charge in [-0.15, -0.1) is 0 Å². The van der Waals surface area contributed by atoms with Crippen molar-refractivity contribution in [3.8, 4) is 0 Å². The van der Waals surface area contributed by atoms with Crippen molar-refractivity contribution in [3.63, 3.8) is 0 Å². The lowest BCUT2D eigenvalue weighted by molar-refractivity contribution is -0.365. The Morgan fingerprint density at radius 2 is 1.47 bits per heavy atom. The first kappa shape index (κ1) is 41.2. The van der Waals surface area contributed by atoms with Crippen LogP contribution in [0, 0.1) is 56.7 Å². The molecule has 55 heavy (non-hydrogen) atoms. The number of ether oxygens (including phenoxy) is 4. The smallest absolute Gasteiger partial charge is 0.335 e. The van der Waals surface area contributed by atoms with E-state index in [2.05, 4.69) is 34.3 Å². The Labute approximate surface area is 322 Å². The molecule has 5 aliphatic carbocycles. The molecular formula is C41H62O14. The lowest BCUT2D eigenvalue weighted by Crippen LogP contribution is -2.68. The maximum atomic E-state index is 13.5. The lowest BCUT2D eigenvalue weighted by atomic mass is 9.32. The third-order valence-electron chi connectivity index (χ3n) is 17.2. The van der Waals surface area contributed by atoms with Crippen molar-refractivity contribution in [1.29, 1.82) is 0 Å². The number of aldehydes is 1. The number of rotatable bonds is 8. The van der Waals surface area contributed by atoms with E-state index in [0.717, 1.165) is 44.0 Å². The molecule has 2 saturated heterocycles.